The number of rotatable bonds is 6. The van der Waals surface area contributed by atoms with Gasteiger partial charge >= 0.3 is 0 Å². The molecule has 1 N–H and O–H groups in total. The molecule has 8 nitrogen and oxygen atoms in total. The zero-order chi connectivity index (χ0) is 27.6. The van der Waals surface area contributed by atoms with Crippen molar-refractivity contribution in [2.75, 3.05) is 41.3 Å². The smallest absolute Gasteiger partial charge is 0.299 e. The lowest BCUT2D eigenvalue weighted by Crippen LogP contribution is -2.47. The van der Waals surface area contributed by atoms with E-state index in [4.69, 9.17) is 4.98 Å². The number of nitrogens with one attached hydrogen (secondary N) is 1. The van der Waals surface area contributed by atoms with Gasteiger partial charge in [-0.15, -0.1) is 0 Å². The van der Waals surface area contributed by atoms with Gasteiger partial charge in [0, 0.05) is 49.7 Å². The average molecular weight is 535 g/mol. The van der Waals surface area contributed by atoms with Gasteiger partial charge in [-0.2, -0.15) is 0 Å². The summed E-state index contributed by atoms with van der Waals surface area (Å²) in [7, 11) is 0. The molecule has 0 atom stereocenters. The first-order valence-corrected chi connectivity index (χ1v) is 14.0. The monoisotopic (exact) mass is 534 g/mol. The minimum Gasteiger partial charge on any atom is -0.367 e. The predicted octanol–water partition coefficient (Wildman–Crippen LogP) is 5.05. The van der Waals surface area contributed by atoms with Crippen LogP contribution in [0.1, 0.15) is 40.3 Å². The molecule has 2 aliphatic rings. The van der Waals surface area contributed by atoms with Crippen molar-refractivity contribution in [1.29, 1.82) is 0 Å². The van der Waals surface area contributed by atoms with Crippen molar-refractivity contribution < 1.29 is 9.59 Å². The highest BCUT2D eigenvalue weighted by Gasteiger charge is 2.28. The lowest BCUT2D eigenvalue weighted by molar-refractivity contribution is -0.112. The molecule has 6 rings (SSSR count). The van der Waals surface area contributed by atoms with Gasteiger partial charge in [-0.25, -0.2) is 9.97 Å². The van der Waals surface area contributed by atoms with E-state index in [1.165, 1.54) is 5.56 Å². The van der Waals surface area contributed by atoms with Gasteiger partial charge in [-0.3, -0.25) is 9.59 Å². The van der Waals surface area contributed by atoms with E-state index in [0.717, 1.165) is 86.0 Å². The molecule has 2 aliphatic heterocycles. The summed E-state index contributed by atoms with van der Waals surface area (Å²) in [6.45, 7) is 8.31. The van der Waals surface area contributed by atoms with E-state index >= 15 is 0 Å². The lowest BCUT2D eigenvalue weighted by atomic mass is 10.0. The van der Waals surface area contributed by atoms with E-state index in [1.807, 2.05) is 47.9 Å². The summed E-state index contributed by atoms with van der Waals surface area (Å²) in [5, 5.41) is 2.74. The first kappa shape index (κ1) is 25.8. The van der Waals surface area contributed by atoms with Crippen LogP contribution in [-0.2, 0) is 17.8 Å². The number of Topliss-reactive ketones (excluding diaryl/α,β-unsaturated/α-hetero) is 1. The van der Waals surface area contributed by atoms with Crippen molar-refractivity contribution >= 4 is 29.0 Å². The van der Waals surface area contributed by atoms with E-state index in [-0.39, 0.29) is 0 Å². The SMILES string of the molecule is Cc1cc(C)nc(N2CCN(c3ccc(NC(=O)C(=O)c4c(-c5ccccc5)cc5n4CCCC5)nc3)CC2)c1. The maximum absolute atomic E-state index is 13.5. The zero-order valence-electron chi connectivity index (χ0n) is 23.1. The molecule has 0 unspecified atom stereocenters. The van der Waals surface area contributed by atoms with Crippen LogP contribution in [0.4, 0.5) is 17.3 Å². The summed E-state index contributed by atoms with van der Waals surface area (Å²) in [6, 6.07) is 19.8. The number of carbonyl (C=O) groups is 2. The number of amides is 1. The third-order valence-electron chi connectivity index (χ3n) is 7.80. The molecule has 1 fully saturated rings. The minimum atomic E-state index is -0.668. The van der Waals surface area contributed by atoms with E-state index in [9.17, 15) is 9.59 Å². The Morgan fingerprint density at radius 3 is 2.35 bits per heavy atom. The number of pyridine rings is 2. The predicted molar refractivity (Wildman–Crippen MR) is 158 cm³/mol. The van der Waals surface area contributed by atoms with Crippen LogP contribution >= 0.6 is 0 Å². The van der Waals surface area contributed by atoms with Crippen molar-refractivity contribution in [3.8, 4) is 11.1 Å². The molecular formula is C32H34N6O2. The van der Waals surface area contributed by atoms with Crippen LogP contribution in [0.5, 0.6) is 0 Å². The fourth-order valence-corrected chi connectivity index (χ4v) is 5.83. The number of aryl methyl sites for hydroxylation is 3. The van der Waals surface area contributed by atoms with Gasteiger partial charge in [0.25, 0.3) is 11.7 Å². The minimum absolute atomic E-state index is 0.367. The number of benzene rings is 1. The molecule has 4 aromatic rings. The van der Waals surface area contributed by atoms with Crippen molar-refractivity contribution in [3.05, 3.63) is 89.5 Å². The first-order chi connectivity index (χ1) is 19.5. The second-order valence-corrected chi connectivity index (χ2v) is 10.7. The van der Waals surface area contributed by atoms with E-state index in [1.54, 1.807) is 12.3 Å². The van der Waals surface area contributed by atoms with Crippen LogP contribution in [-0.4, -0.2) is 52.4 Å². The lowest BCUT2D eigenvalue weighted by Gasteiger charge is -2.36. The number of carbonyl (C=O) groups excluding carboxylic acids is 2. The highest BCUT2D eigenvalue weighted by Crippen LogP contribution is 2.31. The number of hydrogen-bond acceptors (Lipinski definition) is 6. The van der Waals surface area contributed by atoms with Crippen molar-refractivity contribution in [3.63, 3.8) is 0 Å². The van der Waals surface area contributed by atoms with Crippen molar-refractivity contribution in [2.24, 2.45) is 0 Å². The van der Waals surface area contributed by atoms with Crippen LogP contribution in [0.2, 0.25) is 0 Å². The molecule has 204 valence electrons. The summed E-state index contributed by atoms with van der Waals surface area (Å²) in [6.07, 6.45) is 4.76. The molecule has 40 heavy (non-hydrogen) atoms. The Bertz CT molecular complexity index is 1520. The number of fused-ring (bicyclic) bond motifs is 1. The summed E-state index contributed by atoms with van der Waals surface area (Å²) >= 11 is 0. The third kappa shape index (κ3) is 5.21. The standard InChI is InChI=1S/C32H34N6O2/c1-22-18-23(2)34-29(19-22)37-16-14-36(15-17-37)26-11-12-28(33-21-26)35-32(40)31(39)30-27(24-8-4-3-5-9-24)20-25-10-6-7-13-38(25)30/h3-5,8-9,11-12,18-21H,6-7,10,13-17H2,1-2H3,(H,33,35,40). The second kappa shape index (κ2) is 11.0. The molecule has 0 aliphatic carbocycles. The fourth-order valence-electron chi connectivity index (χ4n) is 5.83. The van der Waals surface area contributed by atoms with Gasteiger partial charge in [-0.1, -0.05) is 30.3 Å². The molecule has 0 saturated carbocycles. The maximum atomic E-state index is 13.5. The van der Waals surface area contributed by atoms with Crippen LogP contribution in [0.25, 0.3) is 11.1 Å². The number of nitrogens with zero attached hydrogens (tertiary/aromatic N) is 5. The normalized spacial score (nSPS) is 15.1. The molecule has 0 bridgehead atoms. The number of anilines is 3. The number of aromatic nitrogens is 3. The molecule has 8 heteroatoms. The van der Waals surface area contributed by atoms with Gasteiger partial charge in [0.05, 0.1) is 11.9 Å². The molecule has 5 heterocycles. The summed E-state index contributed by atoms with van der Waals surface area (Å²) < 4.78 is 2.03. The molecule has 0 radical (unpaired) electrons. The highest BCUT2D eigenvalue weighted by molar-refractivity contribution is 6.47. The molecule has 3 aromatic heterocycles. The van der Waals surface area contributed by atoms with E-state index in [2.05, 4.69) is 45.2 Å². The molecular weight excluding hydrogens is 500 g/mol. The zero-order valence-corrected chi connectivity index (χ0v) is 23.1. The quantitative estimate of drug-likeness (QED) is 0.276. The average Bonchev–Trinajstić information content (AvgIpc) is 3.37. The molecule has 1 amide bonds. The highest BCUT2D eigenvalue weighted by atomic mass is 16.2. The van der Waals surface area contributed by atoms with Gasteiger partial charge < -0.3 is 19.7 Å². The molecule has 1 aromatic carbocycles. The first-order valence-electron chi connectivity index (χ1n) is 14.0. The van der Waals surface area contributed by atoms with Gasteiger partial charge in [0.2, 0.25) is 0 Å². The van der Waals surface area contributed by atoms with Crippen LogP contribution < -0.4 is 15.1 Å². The molecule has 0 spiro atoms. The Morgan fingerprint density at radius 1 is 0.850 bits per heavy atom. The Morgan fingerprint density at radius 2 is 1.62 bits per heavy atom. The Kier molecular flexibility index (Phi) is 7.07. The van der Waals surface area contributed by atoms with E-state index in [0.29, 0.717) is 11.5 Å². The van der Waals surface area contributed by atoms with Gasteiger partial charge in [-0.05, 0) is 74.6 Å². The summed E-state index contributed by atoms with van der Waals surface area (Å²) in [4.78, 5) is 40.4. The van der Waals surface area contributed by atoms with Gasteiger partial charge in [0.15, 0.2) is 0 Å². The Hall–Kier alpha value is -4.46. The Balaban J connectivity index is 1.13. The van der Waals surface area contributed by atoms with Crippen LogP contribution in [0.3, 0.4) is 0 Å². The Labute approximate surface area is 234 Å². The van der Waals surface area contributed by atoms with Crippen LogP contribution in [0.15, 0.2) is 66.9 Å². The maximum Gasteiger partial charge on any atom is 0.299 e. The second-order valence-electron chi connectivity index (χ2n) is 10.7. The van der Waals surface area contributed by atoms with Crippen LogP contribution in [0, 0.1) is 13.8 Å². The third-order valence-corrected chi connectivity index (χ3v) is 7.80. The molecule has 1 saturated heterocycles. The summed E-state index contributed by atoms with van der Waals surface area (Å²) in [5.74, 6) is 0.192. The number of piperazine rings is 1. The van der Waals surface area contributed by atoms with Gasteiger partial charge in [0.1, 0.15) is 17.3 Å². The largest absolute Gasteiger partial charge is 0.367 e. The van der Waals surface area contributed by atoms with Crippen molar-refractivity contribution in [2.45, 2.75) is 39.7 Å². The van der Waals surface area contributed by atoms with E-state index < -0.39 is 11.7 Å². The number of ketones is 1. The topological polar surface area (TPSA) is 83.4 Å². The fraction of sp³-hybridized carbons (Fsp3) is 0.312. The van der Waals surface area contributed by atoms with Crippen molar-refractivity contribution in [1.82, 2.24) is 14.5 Å². The summed E-state index contributed by atoms with van der Waals surface area (Å²) in [5.41, 5.74) is 6.57. The number of hydrogen-bond donors (Lipinski definition) is 1.